The number of rotatable bonds is 6. The molecule has 6 heteroatoms. The number of carbonyl (C=O) groups is 1. The first-order chi connectivity index (χ1) is 12.5. The third kappa shape index (κ3) is 6.31. The molecule has 152 valence electrons. The van der Waals surface area contributed by atoms with Crippen molar-refractivity contribution in [3.8, 4) is 5.75 Å². The third-order valence-corrected chi connectivity index (χ3v) is 5.15. The first-order valence-corrected chi connectivity index (χ1v) is 9.67. The van der Waals surface area contributed by atoms with E-state index in [1.165, 1.54) is 0 Å². The number of urea groups is 1. The molecule has 0 spiro atoms. The Morgan fingerprint density at radius 3 is 2.19 bits per heavy atom. The van der Waals surface area contributed by atoms with Gasteiger partial charge in [0, 0.05) is 50.0 Å². The van der Waals surface area contributed by atoms with Crippen molar-refractivity contribution >= 4 is 11.7 Å². The van der Waals surface area contributed by atoms with Crippen LogP contribution in [0.25, 0.3) is 0 Å². The number of hydrogen-bond acceptors (Lipinski definition) is 4. The van der Waals surface area contributed by atoms with Crippen LogP contribution in [0.15, 0.2) is 24.3 Å². The van der Waals surface area contributed by atoms with E-state index < -0.39 is 0 Å². The number of carbonyl (C=O) groups excluding carboxylic acids is 1. The van der Waals surface area contributed by atoms with Crippen LogP contribution >= 0.6 is 0 Å². The van der Waals surface area contributed by atoms with Crippen LogP contribution in [-0.2, 0) is 0 Å². The zero-order valence-corrected chi connectivity index (χ0v) is 17.9. The average molecular weight is 377 g/mol. The van der Waals surface area contributed by atoms with Crippen molar-refractivity contribution < 1.29 is 9.53 Å². The van der Waals surface area contributed by atoms with Gasteiger partial charge < -0.3 is 25.2 Å². The number of hydrogen-bond donors (Lipinski definition) is 2. The summed E-state index contributed by atoms with van der Waals surface area (Å²) in [5, 5.41) is 6.87. The summed E-state index contributed by atoms with van der Waals surface area (Å²) >= 11 is 0. The molecule has 0 saturated carbocycles. The van der Waals surface area contributed by atoms with Gasteiger partial charge in [-0.1, -0.05) is 0 Å². The van der Waals surface area contributed by atoms with Crippen LogP contribution in [0.1, 0.15) is 40.5 Å². The molecule has 0 radical (unpaired) electrons. The number of nitrogens with zero attached hydrogens (tertiary/aromatic N) is 2. The quantitative estimate of drug-likeness (QED) is 0.801. The second kappa shape index (κ2) is 8.38. The third-order valence-electron chi connectivity index (χ3n) is 5.15. The van der Waals surface area contributed by atoms with Gasteiger partial charge >= 0.3 is 6.03 Å². The van der Waals surface area contributed by atoms with E-state index >= 15 is 0 Å². The maximum atomic E-state index is 12.6. The molecule has 1 heterocycles. The summed E-state index contributed by atoms with van der Waals surface area (Å²) in [5.41, 5.74) is 1.14. The predicted octanol–water partition coefficient (Wildman–Crippen LogP) is 3.08. The molecule has 1 aliphatic rings. The van der Waals surface area contributed by atoms with Crippen LogP contribution in [0.2, 0.25) is 0 Å². The lowest BCUT2D eigenvalue weighted by Gasteiger charge is -2.46. The molecule has 2 N–H and O–H groups in total. The maximum Gasteiger partial charge on any atom is 0.317 e. The maximum absolute atomic E-state index is 12.6. The molecular formula is C21H36N4O2. The van der Waals surface area contributed by atoms with Crippen molar-refractivity contribution in [2.75, 3.05) is 39.2 Å². The van der Waals surface area contributed by atoms with Gasteiger partial charge in [0.05, 0.1) is 7.11 Å². The summed E-state index contributed by atoms with van der Waals surface area (Å²) in [6.07, 6.45) is 1.86. The number of amides is 2. The number of benzene rings is 1. The normalized spacial score (nSPS) is 18.6. The molecule has 1 aromatic rings. The topological polar surface area (TPSA) is 56.8 Å². The Hall–Kier alpha value is -1.95. The minimum Gasteiger partial charge on any atom is -0.497 e. The first-order valence-electron chi connectivity index (χ1n) is 9.67. The molecular weight excluding hydrogens is 340 g/mol. The lowest BCUT2D eigenvalue weighted by atomic mass is 9.80. The van der Waals surface area contributed by atoms with E-state index in [0.717, 1.165) is 30.8 Å². The molecule has 27 heavy (non-hydrogen) atoms. The zero-order chi connectivity index (χ0) is 20.2. The summed E-state index contributed by atoms with van der Waals surface area (Å²) in [4.78, 5) is 16.5. The van der Waals surface area contributed by atoms with E-state index in [1.807, 2.05) is 38.4 Å². The molecule has 0 aliphatic carbocycles. The molecule has 0 atom stereocenters. The lowest BCUT2D eigenvalue weighted by Crippen LogP contribution is -2.62. The Morgan fingerprint density at radius 1 is 1.11 bits per heavy atom. The highest BCUT2D eigenvalue weighted by Gasteiger charge is 2.38. The predicted molar refractivity (Wildman–Crippen MR) is 112 cm³/mol. The fraction of sp³-hybridized carbons (Fsp3) is 0.667. The second-order valence-electron chi connectivity index (χ2n) is 8.99. The zero-order valence-electron chi connectivity index (χ0n) is 17.9. The van der Waals surface area contributed by atoms with Gasteiger partial charge in [-0.25, -0.2) is 4.79 Å². The van der Waals surface area contributed by atoms with E-state index in [4.69, 9.17) is 4.74 Å². The highest BCUT2D eigenvalue weighted by molar-refractivity contribution is 5.74. The Bertz CT molecular complexity index is 612. The van der Waals surface area contributed by atoms with Crippen LogP contribution in [0.4, 0.5) is 10.5 Å². The van der Waals surface area contributed by atoms with Crippen LogP contribution < -0.4 is 20.3 Å². The molecule has 6 nitrogen and oxygen atoms in total. The van der Waals surface area contributed by atoms with Gasteiger partial charge in [0.25, 0.3) is 0 Å². The van der Waals surface area contributed by atoms with Crippen LogP contribution in [-0.4, -0.2) is 62.3 Å². The number of likely N-dealkylation sites (N-methyl/N-ethyl adjacent to an activating group) is 2. The monoisotopic (exact) mass is 376 g/mol. The Kier molecular flexibility index (Phi) is 6.63. The van der Waals surface area contributed by atoms with Gasteiger partial charge in [0.15, 0.2) is 0 Å². The molecule has 1 fully saturated rings. The van der Waals surface area contributed by atoms with Gasteiger partial charge in [0.1, 0.15) is 5.75 Å². The number of piperidine rings is 1. The van der Waals surface area contributed by atoms with E-state index in [-0.39, 0.29) is 23.2 Å². The van der Waals surface area contributed by atoms with Gasteiger partial charge in [-0.15, -0.1) is 0 Å². The Labute approximate surface area is 164 Å². The van der Waals surface area contributed by atoms with Gasteiger partial charge in [-0.05, 0) is 64.8 Å². The minimum atomic E-state index is -0.00312. The minimum absolute atomic E-state index is 0.00312. The number of anilines is 1. The van der Waals surface area contributed by atoms with Crippen molar-refractivity contribution in [2.45, 2.75) is 57.7 Å². The second-order valence-corrected chi connectivity index (χ2v) is 8.99. The molecule has 1 saturated heterocycles. The SMILES string of the molecule is COc1ccc(N(C)CCN(C)C(=O)NC2CC(C)(C)NC(C)(C)C2)cc1. The Morgan fingerprint density at radius 2 is 1.67 bits per heavy atom. The van der Waals surface area contributed by atoms with E-state index in [1.54, 1.807) is 12.0 Å². The Balaban J connectivity index is 1.84. The summed E-state index contributed by atoms with van der Waals surface area (Å²) in [7, 11) is 5.55. The van der Waals surface area contributed by atoms with Crippen molar-refractivity contribution in [3.63, 3.8) is 0 Å². The van der Waals surface area contributed by atoms with Gasteiger partial charge in [-0.3, -0.25) is 0 Å². The highest BCUT2D eigenvalue weighted by atomic mass is 16.5. The summed E-state index contributed by atoms with van der Waals surface area (Å²) in [6.45, 7) is 10.2. The van der Waals surface area contributed by atoms with E-state index in [9.17, 15) is 4.79 Å². The fourth-order valence-corrected chi connectivity index (χ4v) is 4.08. The standard InChI is InChI=1S/C21H36N4O2/c1-20(2)14-16(15-21(3,4)23-20)22-19(26)25(6)13-12-24(5)17-8-10-18(27-7)11-9-17/h8-11,16,23H,12-15H2,1-7H3,(H,22,26). The van der Waals surface area contributed by atoms with Crippen LogP contribution in [0.5, 0.6) is 5.75 Å². The smallest absolute Gasteiger partial charge is 0.317 e. The van der Waals surface area contributed by atoms with Gasteiger partial charge in [-0.2, -0.15) is 0 Å². The molecule has 1 aliphatic heterocycles. The first kappa shape index (κ1) is 21.4. The van der Waals surface area contributed by atoms with Crippen molar-refractivity contribution in [1.29, 1.82) is 0 Å². The molecule has 0 bridgehead atoms. The largest absolute Gasteiger partial charge is 0.497 e. The molecule has 2 rings (SSSR count). The lowest BCUT2D eigenvalue weighted by molar-refractivity contribution is 0.141. The van der Waals surface area contributed by atoms with E-state index in [2.05, 4.69) is 43.2 Å². The summed E-state index contributed by atoms with van der Waals surface area (Å²) in [6, 6.07) is 8.13. The van der Waals surface area contributed by atoms with Crippen molar-refractivity contribution in [2.24, 2.45) is 0 Å². The summed E-state index contributed by atoms with van der Waals surface area (Å²) < 4.78 is 5.20. The number of methoxy groups -OCH3 is 1. The van der Waals surface area contributed by atoms with E-state index in [0.29, 0.717) is 6.54 Å². The molecule has 1 aromatic carbocycles. The number of nitrogens with one attached hydrogen (secondary N) is 2. The molecule has 0 aromatic heterocycles. The molecule has 2 amide bonds. The summed E-state index contributed by atoms with van der Waals surface area (Å²) in [5.74, 6) is 0.844. The average Bonchev–Trinajstić information content (AvgIpc) is 2.56. The van der Waals surface area contributed by atoms with Crippen molar-refractivity contribution in [3.05, 3.63) is 24.3 Å². The highest BCUT2D eigenvalue weighted by Crippen LogP contribution is 2.28. The number of ether oxygens (including phenoxy) is 1. The van der Waals surface area contributed by atoms with Crippen LogP contribution in [0.3, 0.4) is 0 Å². The van der Waals surface area contributed by atoms with Gasteiger partial charge in [0.2, 0.25) is 0 Å². The van der Waals surface area contributed by atoms with Crippen molar-refractivity contribution in [1.82, 2.24) is 15.5 Å². The fourth-order valence-electron chi connectivity index (χ4n) is 4.08. The molecule has 0 unspecified atom stereocenters. The van der Waals surface area contributed by atoms with Crippen LogP contribution in [0, 0.1) is 0 Å².